The average molecular weight is 260 g/mol. The molecule has 3 atom stereocenters. The number of ketones is 1. The molecule has 17 heavy (non-hydrogen) atoms. The van der Waals surface area contributed by atoms with E-state index in [1.54, 1.807) is 0 Å². The van der Waals surface area contributed by atoms with Crippen LogP contribution in [0.25, 0.3) is 0 Å². The average Bonchev–Trinajstić information content (AvgIpc) is 2.91. The summed E-state index contributed by atoms with van der Waals surface area (Å²) in [4.78, 5) is 22.2. The first-order chi connectivity index (χ1) is 8.09. The molecule has 10 heteroatoms. The van der Waals surface area contributed by atoms with E-state index in [4.69, 9.17) is 5.11 Å². The Kier molecular flexibility index (Phi) is 3.36. The van der Waals surface area contributed by atoms with Crippen molar-refractivity contribution in [3.05, 3.63) is 0 Å². The third-order valence-corrected chi connectivity index (χ3v) is 3.01. The lowest BCUT2D eigenvalue weighted by atomic mass is 10.1. The fourth-order valence-electron chi connectivity index (χ4n) is 1.25. The molecule has 0 radical (unpaired) electrons. The second-order valence-corrected chi connectivity index (χ2v) is 4.22. The fraction of sp³-hybridized carbons (Fsp3) is 0.571. The van der Waals surface area contributed by atoms with Gasteiger partial charge in [-0.1, -0.05) is 11.8 Å². The van der Waals surface area contributed by atoms with Crippen LogP contribution >= 0.6 is 11.8 Å². The molecule has 2 rings (SSSR count). The molecule has 3 unspecified atom stereocenters. The number of Topliss-reactive ketones (excluding diaryl/α,β-unsaturated/α-hetero) is 1. The van der Waals surface area contributed by atoms with E-state index in [2.05, 4.69) is 25.4 Å². The Morgan fingerprint density at radius 3 is 2.82 bits per heavy atom. The van der Waals surface area contributed by atoms with E-state index in [0.717, 1.165) is 11.8 Å². The number of tetrazole rings is 1. The second kappa shape index (κ2) is 4.77. The zero-order valence-corrected chi connectivity index (χ0v) is 9.12. The van der Waals surface area contributed by atoms with Gasteiger partial charge in [0.15, 0.2) is 6.10 Å². The van der Waals surface area contributed by atoms with Crippen molar-refractivity contribution in [2.45, 2.75) is 23.5 Å². The summed E-state index contributed by atoms with van der Waals surface area (Å²) < 4.78 is 4.55. The number of aromatic amines is 1. The molecular formula is C7H8N4O5S. The predicted molar refractivity (Wildman–Crippen MR) is 51.8 cm³/mol. The molecule has 0 aliphatic carbocycles. The first-order valence-corrected chi connectivity index (χ1v) is 5.54. The fourth-order valence-corrected chi connectivity index (χ4v) is 1.95. The van der Waals surface area contributed by atoms with Crippen molar-refractivity contribution in [1.82, 2.24) is 20.6 Å². The van der Waals surface area contributed by atoms with Crippen LogP contribution in [-0.4, -0.2) is 66.7 Å². The van der Waals surface area contributed by atoms with Crippen molar-refractivity contribution in [2.75, 3.05) is 5.75 Å². The SMILES string of the molecule is O=C1OC(C(O)CSc2nn[nH]n2)C(=O)C1O. The second-order valence-electron chi connectivity index (χ2n) is 3.24. The molecule has 0 aromatic carbocycles. The van der Waals surface area contributed by atoms with Crippen LogP contribution in [0.2, 0.25) is 0 Å². The number of nitrogens with zero attached hydrogens (tertiary/aromatic N) is 3. The molecule has 0 spiro atoms. The maximum absolute atomic E-state index is 11.3. The molecule has 2 heterocycles. The summed E-state index contributed by atoms with van der Waals surface area (Å²) >= 11 is 1.04. The van der Waals surface area contributed by atoms with Gasteiger partial charge in [0.05, 0.1) is 0 Å². The Hall–Kier alpha value is -1.52. The van der Waals surface area contributed by atoms with Crippen LogP contribution < -0.4 is 0 Å². The van der Waals surface area contributed by atoms with Crippen LogP contribution in [-0.2, 0) is 14.3 Å². The summed E-state index contributed by atoms with van der Waals surface area (Å²) in [5.41, 5.74) is 0. The van der Waals surface area contributed by atoms with Crippen molar-refractivity contribution < 1.29 is 24.5 Å². The highest BCUT2D eigenvalue weighted by Gasteiger charge is 2.45. The summed E-state index contributed by atoms with van der Waals surface area (Å²) in [5, 5.41) is 31.8. The number of hydrogen-bond acceptors (Lipinski definition) is 9. The summed E-state index contributed by atoms with van der Waals surface area (Å²) in [6.45, 7) is 0. The van der Waals surface area contributed by atoms with E-state index in [1.807, 2.05) is 0 Å². The zero-order valence-electron chi connectivity index (χ0n) is 8.31. The van der Waals surface area contributed by atoms with Gasteiger partial charge < -0.3 is 14.9 Å². The molecule has 92 valence electrons. The Balaban J connectivity index is 1.90. The molecule has 9 nitrogen and oxygen atoms in total. The molecule has 0 saturated carbocycles. The number of carbonyl (C=O) groups excluding carboxylic acids is 2. The minimum atomic E-state index is -1.80. The largest absolute Gasteiger partial charge is 0.449 e. The summed E-state index contributed by atoms with van der Waals surface area (Å²) in [5.74, 6) is -1.84. The van der Waals surface area contributed by atoms with E-state index < -0.39 is 30.1 Å². The predicted octanol–water partition coefficient (Wildman–Crippen LogP) is -2.49. The molecule has 3 N–H and O–H groups in total. The van der Waals surface area contributed by atoms with Crippen LogP contribution in [0, 0.1) is 0 Å². The number of cyclic esters (lactones) is 1. The highest BCUT2D eigenvalue weighted by Crippen LogP contribution is 2.19. The highest BCUT2D eigenvalue weighted by atomic mass is 32.2. The number of aliphatic hydroxyl groups excluding tert-OH is 2. The van der Waals surface area contributed by atoms with Crippen LogP contribution in [0.4, 0.5) is 0 Å². The van der Waals surface area contributed by atoms with Gasteiger partial charge in [-0.25, -0.2) is 4.79 Å². The van der Waals surface area contributed by atoms with E-state index in [0.29, 0.717) is 5.16 Å². The van der Waals surface area contributed by atoms with Gasteiger partial charge in [0.2, 0.25) is 17.0 Å². The minimum absolute atomic E-state index is 0.0376. The van der Waals surface area contributed by atoms with Crippen molar-refractivity contribution in [3.63, 3.8) is 0 Å². The van der Waals surface area contributed by atoms with E-state index >= 15 is 0 Å². The third kappa shape index (κ3) is 2.43. The smallest absolute Gasteiger partial charge is 0.343 e. The van der Waals surface area contributed by atoms with Gasteiger partial charge in [-0.3, -0.25) is 4.79 Å². The monoisotopic (exact) mass is 260 g/mol. The van der Waals surface area contributed by atoms with Crippen molar-refractivity contribution in [3.8, 4) is 0 Å². The van der Waals surface area contributed by atoms with Crippen molar-refractivity contribution in [1.29, 1.82) is 0 Å². The molecule has 1 aromatic rings. The lowest BCUT2D eigenvalue weighted by Gasteiger charge is -2.13. The van der Waals surface area contributed by atoms with E-state index in [-0.39, 0.29) is 5.75 Å². The lowest BCUT2D eigenvalue weighted by Crippen LogP contribution is -2.36. The van der Waals surface area contributed by atoms with Gasteiger partial charge in [-0.05, 0) is 5.21 Å². The van der Waals surface area contributed by atoms with E-state index in [9.17, 15) is 14.7 Å². The van der Waals surface area contributed by atoms with Crippen molar-refractivity contribution >= 4 is 23.5 Å². The standard InChI is InChI=1S/C7H8N4O5S/c12-2(1-17-7-8-10-11-9-7)5-3(13)4(14)6(15)16-5/h2,4-5,12,14H,1H2,(H,8,9,10,11). The molecule has 1 aliphatic heterocycles. The number of esters is 1. The van der Waals surface area contributed by atoms with Gasteiger partial charge in [-0.2, -0.15) is 5.21 Å². The Labute approximate surface area is 98.5 Å². The minimum Gasteiger partial charge on any atom is -0.449 e. The quantitative estimate of drug-likeness (QED) is 0.305. The number of H-pyrrole nitrogens is 1. The zero-order chi connectivity index (χ0) is 12.4. The number of carbonyl (C=O) groups is 2. The number of ether oxygens (including phenoxy) is 1. The topological polar surface area (TPSA) is 138 Å². The lowest BCUT2D eigenvalue weighted by molar-refractivity contribution is -0.150. The number of aliphatic hydroxyl groups is 2. The number of hydrogen-bond donors (Lipinski definition) is 3. The Bertz CT molecular complexity index is 424. The Morgan fingerprint density at radius 1 is 1.53 bits per heavy atom. The van der Waals surface area contributed by atoms with Gasteiger partial charge in [0.1, 0.15) is 6.10 Å². The maximum Gasteiger partial charge on any atom is 0.343 e. The summed E-state index contributed by atoms with van der Waals surface area (Å²) in [7, 11) is 0. The van der Waals surface area contributed by atoms with Gasteiger partial charge in [0.25, 0.3) is 0 Å². The van der Waals surface area contributed by atoms with E-state index in [1.165, 1.54) is 0 Å². The van der Waals surface area contributed by atoms with Crippen LogP contribution in [0.3, 0.4) is 0 Å². The first-order valence-electron chi connectivity index (χ1n) is 4.56. The molecule has 1 saturated heterocycles. The molecule has 1 aromatic heterocycles. The molecule has 1 fully saturated rings. The summed E-state index contributed by atoms with van der Waals surface area (Å²) in [6.07, 6.45) is -4.37. The van der Waals surface area contributed by atoms with Gasteiger partial charge in [0, 0.05) is 5.75 Å². The highest BCUT2D eigenvalue weighted by molar-refractivity contribution is 7.99. The molecular weight excluding hydrogens is 252 g/mol. The number of thioether (sulfide) groups is 1. The van der Waals surface area contributed by atoms with Crippen LogP contribution in [0.5, 0.6) is 0 Å². The normalized spacial score (nSPS) is 26.0. The molecule has 1 aliphatic rings. The van der Waals surface area contributed by atoms with Crippen molar-refractivity contribution in [2.24, 2.45) is 0 Å². The van der Waals surface area contributed by atoms with Gasteiger partial charge in [-0.15, -0.1) is 10.2 Å². The van der Waals surface area contributed by atoms with Crippen LogP contribution in [0.1, 0.15) is 0 Å². The van der Waals surface area contributed by atoms with Crippen LogP contribution in [0.15, 0.2) is 5.16 Å². The number of rotatable bonds is 4. The summed E-state index contributed by atoms with van der Waals surface area (Å²) in [6, 6.07) is 0. The molecule has 0 amide bonds. The molecule has 0 bridgehead atoms. The maximum atomic E-state index is 11.3. The Morgan fingerprint density at radius 2 is 2.29 bits per heavy atom. The number of aromatic nitrogens is 4. The third-order valence-electron chi connectivity index (χ3n) is 2.07. The number of nitrogens with one attached hydrogen (secondary N) is 1. The van der Waals surface area contributed by atoms with Gasteiger partial charge >= 0.3 is 5.97 Å². The first kappa shape index (κ1) is 12.0.